The number of hydrogen-bond acceptors (Lipinski definition) is 16. The van der Waals surface area contributed by atoms with Gasteiger partial charge in [-0.2, -0.15) is 0 Å². The van der Waals surface area contributed by atoms with E-state index in [4.69, 9.17) is 42.3 Å². The minimum atomic E-state index is -1.93. The minimum absolute atomic E-state index is 0.0311. The first-order chi connectivity index (χ1) is 21.6. The number of methoxy groups -OCH3 is 2. The molecule has 244 valence electrons. The lowest BCUT2D eigenvalue weighted by atomic mass is 9.99. The molecule has 1 aromatic heterocycles. The number of fused-ring (bicyclic) bond motifs is 2. The molecule has 8 unspecified atom stereocenters. The summed E-state index contributed by atoms with van der Waals surface area (Å²) in [5, 5.41) is 61.5. The molecule has 16 nitrogen and oxygen atoms in total. The SMILES string of the molecule is COc1cc2c(=O)c(-c3cc4c(cc3OC)OCO4)coc2cc1OC1OC(COC2OCC(O)(CO)C2O)C(O)C(O)C1O. The van der Waals surface area contributed by atoms with E-state index < -0.39 is 74.0 Å². The highest BCUT2D eigenvalue weighted by Crippen LogP contribution is 2.42. The van der Waals surface area contributed by atoms with Crippen LogP contribution in [0, 0.1) is 0 Å². The Morgan fingerprint density at radius 1 is 0.889 bits per heavy atom. The third-order valence-corrected chi connectivity index (χ3v) is 7.96. The van der Waals surface area contributed by atoms with Crippen LogP contribution in [-0.2, 0) is 14.2 Å². The highest BCUT2D eigenvalue weighted by Gasteiger charge is 2.50. The van der Waals surface area contributed by atoms with Gasteiger partial charge in [-0.05, 0) is 12.1 Å². The fraction of sp³-hybridized carbons (Fsp3) is 0.483. The lowest BCUT2D eigenvalue weighted by Crippen LogP contribution is -2.60. The number of aliphatic hydroxyl groups is 6. The van der Waals surface area contributed by atoms with Crippen LogP contribution < -0.4 is 29.1 Å². The van der Waals surface area contributed by atoms with Crippen molar-refractivity contribution in [3.05, 3.63) is 40.8 Å². The summed E-state index contributed by atoms with van der Waals surface area (Å²) in [6, 6.07) is 5.94. The minimum Gasteiger partial charge on any atom is -0.496 e. The first-order valence-electron chi connectivity index (χ1n) is 13.8. The van der Waals surface area contributed by atoms with Crippen molar-refractivity contribution in [2.24, 2.45) is 0 Å². The maximum Gasteiger partial charge on any atom is 0.231 e. The molecule has 3 aliphatic heterocycles. The quantitative estimate of drug-likeness (QED) is 0.163. The lowest BCUT2D eigenvalue weighted by molar-refractivity contribution is -0.289. The molecular formula is C29H32O16. The summed E-state index contributed by atoms with van der Waals surface area (Å²) in [4.78, 5) is 13.6. The second-order valence-corrected chi connectivity index (χ2v) is 10.7. The zero-order chi connectivity index (χ0) is 32.0. The highest BCUT2D eigenvalue weighted by molar-refractivity contribution is 5.86. The van der Waals surface area contributed by atoms with Gasteiger partial charge in [0.2, 0.25) is 18.5 Å². The van der Waals surface area contributed by atoms with Crippen molar-refractivity contribution in [3.63, 3.8) is 0 Å². The van der Waals surface area contributed by atoms with E-state index in [1.807, 2.05) is 0 Å². The van der Waals surface area contributed by atoms with Gasteiger partial charge in [-0.1, -0.05) is 0 Å². The molecule has 45 heavy (non-hydrogen) atoms. The third kappa shape index (κ3) is 5.54. The van der Waals surface area contributed by atoms with Crippen molar-refractivity contribution in [1.29, 1.82) is 0 Å². The predicted octanol–water partition coefficient (Wildman–Crippen LogP) is -1.15. The largest absolute Gasteiger partial charge is 0.496 e. The molecule has 0 amide bonds. The van der Waals surface area contributed by atoms with Gasteiger partial charge in [-0.15, -0.1) is 0 Å². The van der Waals surface area contributed by atoms with Crippen LogP contribution in [0.1, 0.15) is 0 Å². The summed E-state index contributed by atoms with van der Waals surface area (Å²) in [6.07, 6.45) is -9.72. The topological polar surface area (TPSA) is 225 Å². The molecule has 0 bridgehead atoms. The van der Waals surface area contributed by atoms with E-state index in [2.05, 4.69) is 0 Å². The molecule has 0 saturated carbocycles. The molecule has 2 fully saturated rings. The summed E-state index contributed by atoms with van der Waals surface area (Å²) in [7, 11) is 2.78. The van der Waals surface area contributed by atoms with Crippen LogP contribution in [0.4, 0.5) is 0 Å². The van der Waals surface area contributed by atoms with Crippen LogP contribution in [0.3, 0.4) is 0 Å². The number of aliphatic hydroxyl groups excluding tert-OH is 5. The van der Waals surface area contributed by atoms with Gasteiger partial charge in [0.05, 0.1) is 45.0 Å². The molecular weight excluding hydrogens is 604 g/mol. The van der Waals surface area contributed by atoms with E-state index in [9.17, 15) is 35.4 Å². The Morgan fingerprint density at radius 2 is 1.62 bits per heavy atom. The summed E-state index contributed by atoms with van der Waals surface area (Å²) in [5.74, 6) is 1.29. The van der Waals surface area contributed by atoms with Crippen molar-refractivity contribution in [3.8, 4) is 39.9 Å². The molecule has 0 spiro atoms. The van der Waals surface area contributed by atoms with E-state index in [-0.39, 0.29) is 34.8 Å². The molecule has 6 N–H and O–H groups in total. The second kappa shape index (κ2) is 12.2. The molecule has 3 aliphatic rings. The smallest absolute Gasteiger partial charge is 0.231 e. The van der Waals surface area contributed by atoms with Crippen LogP contribution in [-0.4, -0.2) is 120 Å². The Labute approximate surface area is 254 Å². The Hall–Kier alpha value is -3.71. The van der Waals surface area contributed by atoms with Gasteiger partial charge in [-0.3, -0.25) is 4.79 Å². The molecule has 16 heteroatoms. The van der Waals surface area contributed by atoms with E-state index in [0.29, 0.717) is 22.8 Å². The average molecular weight is 637 g/mol. The summed E-state index contributed by atoms with van der Waals surface area (Å²) < 4.78 is 49.7. The van der Waals surface area contributed by atoms with Gasteiger partial charge >= 0.3 is 0 Å². The Morgan fingerprint density at radius 3 is 2.31 bits per heavy atom. The number of ether oxygens (including phenoxy) is 8. The van der Waals surface area contributed by atoms with Gasteiger partial charge in [-0.25, -0.2) is 0 Å². The van der Waals surface area contributed by atoms with Crippen LogP contribution in [0.5, 0.6) is 28.7 Å². The van der Waals surface area contributed by atoms with Crippen molar-refractivity contribution in [2.45, 2.75) is 48.7 Å². The molecule has 6 rings (SSSR count). The second-order valence-electron chi connectivity index (χ2n) is 10.7. The zero-order valence-corrected chi connectivity index (χ0v) is 24.0. The molecule has 2 saturated heterocycles. The number of hydrogen-bond donors (Lipinski definition) is 6. The standard InChI is InChI=1S/C29H32O16/c1-37-15-5-19-18(42-11-43-19)3-12(15)14-7-39-16-6-20(17(38-2)4-13(16)22(14)31)44-27-25(34)24(33)23(32)21(45-27)8-40-28-26(35)29(36,9-30)10-41-28/h3-7,21,23-28,30,32-36H,8-11H2,1-2H3. The first-order valence-corrected chi connectivity index (χ1v) is 13.8. The van der Waals surface area contributed by atoms with Gasteiger partial charge in [0.15, 0.2) is 29.3 Å². The normalized spacial score (nSPS) is 30.9. The number of benzene rings is 2. The summed E-state index contributed by atoms with van der Waals surface area (Å²) >= 11 is 0. The molecule has 2 aromatic carbocycles. The fourth-order valence-electron chi connectivity index (χ4n) is 5.28. The van der Waals surface area contributed by atoms with E-state index in [1.165, 1.54) is 32.6 Å². The van der Waals surface area contributed by atoms with Crippen molar-refractivity contribution < 1.29 is 73.0 Å². The summed E-state index contributed by atoms with van der Waals surface area (Å²) in [5.41, 5.74) is -1.68. The van der Waals surface area contributed by atoms with Gasteiger partial charge in [0.25, 0.3) is 0 Å². The van der Waals surface area contributed by atoms with Gasteiger partial charge in [0, 0.05) is 17.7 Å². The highest BCUT2D eigenvalue weighted by atomic mass is 16.7. The van der Waals surface area contributed by atoms with Crippen LogP contribution in [0.2, 0.25) is 0 Å². The van der Waals surface area contributed by atoms with Crippen LogP contribution >= 0.6 is 0 Å². The zero-order valence-electron chi connectivity index (χ0n) is 24.0. The molecule has 8 atom stereocenters. The van der Waals surface area contributed by atoms with Gasteiger partial charge in [0.1, 0.15) is 53.7 Å². The van der Waals surface area contributed by atoms with Crippen molar-refractivity contribution >= 4 is 11.0 Å². The van der Waals surface area contributed by atoms with E-state index in [1.54, 1.807) is 12.1 Å². The number of rotatable bonds is 9. The third-order valence-electron chi connectivity index (χ3n) is 7.96. The van der Waals surface area contributed by atoms with Gasteiger partial charge < -0.3 is 73.0 Å². The Bertz CT molecular complexity index is 1610. The van der Waals surface area contributed by atoms with Crippen LogP contribution in [0.25, 0.3) is 22.1 Å². The van der Waals surface area contributed by atoms with E-state index >= 15 is 0 Å². The first kappa shape index (κ1) is 31.3. The average Bonchev–Trinajstić information content (AvgIpc) is 3.63. The Kier molecular flexibility index (Phi) is 8.51. The maximum absolute atomic E-state index is 13.6. The molecule has 4 heterocycles. The molecule has 3 aromatic rings. The molecule has 0 aliphatic carbocycles. The molecule has 0 radical (unpaired) electrons. The Balaban J connectivity index is 1.24. The van der Waals surface area contributed by atoms with E-state index in [0.717, 1.165) is 0 Å². The fourth-order valence-corrected chi connectivity index (χ4v) is 5.28. The van der Waals surface area contributed by atoms with Crippen LogP contribution in [0.15, 0.2) is 39.7 Å². The van der Waals surface area contributed by atoms with Crippen molar-refractivity contribution in [2.75, 3.05) is 40.8 Å². The summed E-state index contributed by atoms with van der Waals surface area (Å²) in [6.45, 7) is -1.62. The van der Waals surface area contributed by atoms with Crippen molar-refractivity contribution in [1.82, 2.24) is 0 Å². The monoisotopic (exact) mass is 636 g/mol. The lowest BCUT2D eigenvalue weighted by Gasteiger charge is -2.40. The maximum atomic E-state index is 13.6. The predicted molar refractivity (Wildman–Crippen MR) is 148 cm³/mol.